The first-order chi connectivity index (χ1) is 8.13. The third kappa shape index (κ3) is 3.00. The van der Waals surface area contributed by atoms with Gasteiger partial charge in [-0.15, -0.1) is 0 Å². The predicted octanol–water partition coefficient (Wildman–Crippen LogP) is 1.92. The van der Waals surface area contributed by atoms with Crippen LogP contribution in [0.1, 0.15) is 33.1 Å². The maximum absolute atomic E-state index is 12.1. The second kappa shape index (κ2) is 5.08. The molecule has 0 aromatic carbocycles. The molecule has 1 saturated heterocycles. The Labute approximate surface area is 103 Å². The molecule has 17 heavy (non-hydrogen) atoms. The molecule has 4 heteroatoms. The SMILES string of the molecule is CC[C@@]1(C)CN(C(=O)NC2CC=CC2)CCO1. The lowest BCUT2D eigenvalue weighted by molar-refractivity contribution is -0.0874. The summed E-state index contributed by atoms with van der Waals surface area (Å²) in [5.74, 6) is 0. The van der Waals surface area contributed by atoms with E-state index in [4.69, 9.17) is 4.74 Å². The van der Waals surface area contributed by atoms with E-state index in [0.29, 0.717) is 25.7 Å². The summed E-state index contributed by atoms with van der Waals surface area (Å²) in [4.78, 5) is 14.0. The minimum Gasteiger partial charge on any atom is -0.372 e. The molecule has 2 rings (SSSR count). The summed E-state index contributed by atoms with van der Waals surface area (Å²) in [6, 6.07) is 0.347. The highest BCUT2D eigenvalue weighted by molar-refractivity contribution is 5.74. The molecule has 96 valence electrons. The van der Waals surface area contributed by atoms with Crippen LogP contribution in [0.4, 0.5) is 4.79 Å². The van der Waals surface area contributed by atoms with Crippen LogP contribution in [0.2, 0.25) is 0 Å². The van der Waals surface area contributed by atoms with E-state index in [1.807, 2.05) is 4.90 Å². The lowest BCUT2D eigenvalue weighted by Gasteiger charge is -2.40. The number of nitrogens with one attached hydrogen (secondary N) is 1. The van der Waals surface area contributed by atoms with E-state index < -0.39 is 0 Å². The second-order valence-electron chi connectivity index (χ2n) is 5.16. The minimum absolute atomic E-state index is 0.0571. The molecule has 0 bridgehead atoms. The number of carbonyl (C=O) groups excluding carboxylic acids is 1. The first-order valence-corrected chi connectivity index (χ1v) is 6.47. The van der Waals surface area contributed by atoms with Crippen molar-refractivity contribution < 1.29 is 9.53 Å². The van der Waals surface area contributed by atoms with Crippen LogP contribution in [0.5, 0.6) is 0 Å². The summed E-state index contributed by atoms with van der Waals surface area (Å²) in [6.45, 7) is 6.20. The molecule has 1 fully saturated rings. The van der Waals surface area contributed by atoms with E-state index in [1.54, 1.807) is 0 Å². The summed E-state index contributed by atoms with van der Waals surface area (Å²) in [5, 5.41) is 3.08. The fourth-order valence-electron chi connectivity index (χ4n) is 2.32. The Bertz CT molecular complexity index is 309. The van der Waals surface area contributed by atoms with Gasteiger partial charge in [0.15, 0.2) is 0 Å². The average molecular weight is 238 g/mol. The largest absolute Gasteiger partial charge is 0.372 e. The van der Waals surface area contributed by atoms with Crippen molar-refractivity contribution in [3.05, 3.63) is 12.2 Å². The fraction of sp³-hybridized carbons (Fsp3) is 0.769. The lowest BCUT2D eigenvalue weighted by Crippen LogP contribution is -2.55. The zero-order valence-electron chi connectivity index (χ0n) is 10.7. The molecule has 1 N–H and O–H groups in total. The van der Waals surface area contributed by atoms with Crippen LogP contribution in [-0.4, -0.2) is 42.3 Å². The second-order valence-corrected chi connectivity index (χ2v) is 5.16. The summed E-state index contributed by atoms with van der Waals surface area (Å²) in [5.41, 5.74) is -0.177. The van der Waals surface area contributed by atoms with Gasteiger partial charge in [-0.1, -0.05) is 19.1 Å². The highest BCUT2D eigenvalue weighted by atomic mass is 16.5. The van der Waals surface area contributed by atoms with Crippen molar-refractivity contribution in [3.63, 3.8) is 0 Å². The maximum Gasteiger partial charge on any atom is 0.317 e. The standard InChI is InChI=1S/C13H22N2O2/c1-3-13(2)10-15(8-9-17-13)12(16)14-11-6-4-5-7-11/h4-5,11H,3,6-10H2,1-2H3,(H,14,16)/t13-/m0/s1. The van der Waals surface area contributed by atoms with Crippen LogP contribution in [0.25, 0.3) is 0 Å². The van der Waals surface area contributed by atoms with Crippen molar-refractivity contribution in [1.29, 1.82) is 0 Å². The molecule has 2 aliphatic rings. The van der Waals surface area contributed by atoms with E-state index in [2.05, 4.69) is 31.3 Å². The van der Waals surface area contributed by atoms with Crippen LogP contribution in [0.3, 0.4) is 0 Å². The molecule has 1 atom stereocenters. The number of morpholine rings is 1. The molecule has 0 aromatic heterocycles. The molecular weight excluding hydrogens is 216 g/mol. The third-order valence-electron chi connectivity index (χ3n) is 3.71. The highest BCUT2D eigenvalue weighted by Gasteiger charge is 2.33. The van der Waals surface area contributed by atoms with E-state index in [-0.39, 0.29) is 11.6 Å². The van der Waals surface area contributed by atoms with Gasteiger partial charge in [-0.05, 0) is 26.2 Å². The van der Waals surface area contributed by atoms with Crippen molar-refractivity contribution >= 4 is 6.03 Å². The van der Waals surface area contributed by atoms with Crippen molar-refractivity contribution in [2.75, 3.05) is 19.7 Å². The predicted molar refractivity (Wildman–Crippen MR) is 66.9 cm³/mol. The van der Waals surface area contributed by atoms with E-state index in [9.17, 15) is 4.79 Å². The van der Waals surface area contributed by atoms with Crippen LogP contribution in [0.15, 0.2) is 12.2 Å². The van der Waals surface area contributed by atoms with Gasteiger partial charge in [-0.2, -0.15) is 0 Å². The Kier molecular flexibility index (Phi) is 3.72. The van der Waals surface area contributed by atoms with Gasteiger partial charge in [0.25, 0.3) is 0 Å². The number of nitrogens with zero attached hydrogens (tertiary/aromatic N) is 1. The molecule has 1 heterocycles. The number of urea groups is 1. The number of amides is 2. The van der Waals surface area contributed by atoms with Crippen molar-refractivity contribution in [3.8, 4) is 0 Å². The van der Waals surface area contributed by atoms with Crippen LogP contribution < -0.4 is 5.32 Å². The Morgan fingerprint density at radius 1 is 1.53 bits per heavy atom. The van der Waals surface area contributed by atoms with Gasteiger partial charge in [0.1, 0.15) is 0 Å². The Balaban J connectivity index is 1.86. The molecule has 1 aliphatic carbocycles. The molecule has 4 nitrogen and oxygen atoms in total. The Morgan fingerprint density at radius 3 is 2.88 bits per heavy atom. The highest BCUT2D eigenvalue weighted by Crippen LogP contribution is 2.21. The molecule has 1 aliphatic heterocycles. The average Bonchev–Trinajstić information content (AvgIpc) is 2.82. The summed E-state index contributed by atoms with van der Waals surface area (Å²) < 4.78 is 5.73. The quantitative estimate of drug-likeness (QED) is 0.747. The number of carbonyl (C=O) groups is 1. The van der Waals surface area contributed by atoms with E-state index >= 15 is 0 Å². The number of ether oxygens (including phenoxy) is 1. The molecule has 0 radical (unpaired) electrons. The van der Waals surface area contributed by atoms with Gasteiger partial charge < -0.3 is 15.0 Å². The van der Waals surface area contributed by atoms with Crippen LogP contribution in [0, 0.1) is 0 Å². The first kappa shape index (κ1) is 12.4. The maximum atomic E-state index is 12.1. The van der Waals surface area contributed by atoms with E-state index in [1.165, 1.54) is 0 Å². The van der Waals surface area contributed by atoms with E-state index in [0.717, 1.165) is 19.3 Å². The van der Waals surface area contributed by atoms with Crippen molar-refractivity contribution in [1.82, 2.24) is 10.2 Å². The molecule has 2 amide bonds. The van der Waals surface area contributed by atoms with Gasteiger partial charge in [0, 0.05) is 12.6 Å². The number of hydrogen-bond acceptors (Lipinski definition) is 2. The summed E-state index contributed by atoms with van der Waals surface area (Å²) >= 11 is 0. The normalized spacial score (nSPS) is 29.6. The van der Waals surface area contributed by atoms with Gasteiger partial charge in [-0.3, -0.25) is 0 Å². The van der Waals surface area contributed by atoms with Gasteiger partial charge in [0.05, 0.1) is 18.8 Å². The van der Waals surface area contributed by atoms with Gasteiger partial charge in [-0.25, -0.2) is 4.79 Å². The zero-order valence-corrected chi connectivity index (χ0v) is 10.7. The Hall–Kier alpha value is -1.03. The van der Waals surface area contributed by atoms with Crippen LogP contribution >= 0.6 is 0 Å². The first-order valence-electron chi connectivity index (χ1n) is 6.47. The minimum atomic E-state index is -0.177. The van der Waals surface area contributed by atoms with Crippen LogP contribution in [-0.2, 0) is 4.74 Å². The Morgan fingerprint density at radius 2 is 2.24 bits per heavy atom. The summed E-state index contributed by atoms with van der Waals surface area (Å²) in [7, 11) is 0. The molecule has 0 unspecified atom stereocenters. The molecule has 0 saturated carbocycles. The zero-order chi connectivity index (χ0) is 12.3. The number of rotatable bonds is 2. The fourth-order valence-corrected chi connectivity index (χ4v) is 2.32. The molecular formula is C13H22N2O2. The lowest BCUT2D eigenvalue weighted by atomic mass is 10.0. The molecule has 0 spiro atoms. The third-order valence-corrected chi connectivity index (χ3v) is 3.71. The van der Waals surface area contributed by atoms with Gasteiger partial charge >= 0.3 is 6.03 Å². The van der Waals surface area contributed by atoms with Crippen molar-refractivity contribution in [2.24, 2.45) is 0 Å². The summed E-state index contributed by atoms with van der Waals surface area (Å²) in [6.07, 6.45) is 7.10. The number of hydrogen-bond donors (Lipinski definition) is 1. The monoisotopic (exact) mass is 238 g/mol. The smallest absolute Gasteiger partial charge is 0.317 e. The molecule has 0 aromatic rings. The van der Waals surface area contributed by atoms with Crippen molar-refractivity contribution in [2.45, 2.75) is 44.8 Å². The topological polar surface area (TPSA) is 41.6 Å². The van der Waals surface area contributed by atoms with Gasteiger partial charge in [0.2, 0.25) is 0 Å².